The first kappa shape index (κ1) is 102. The Hall–Kier alpha value is -6.10. The van der Waals surface area contributed by atoms with E-state index < -0.39 is 97.5 Å². The number of esters is 4. The van der Waals surface area contributed by atoms with Crippen LogP contribution in [0.15, 0.2) is 194 Å². The van der Waals surface area contributed by atoms with Crippen LogP contribution in [0.2, 0.25) is 0 Å². The summed E-state index contributed by atoms with van der Waals surface area (Å²) in [6.45, 7) is 4.36. The van der Waals surface area contributed by atoms with Gasteiger partial charge in [0.05, 0.1) is 26.4 Å². The fourth-order valence-corrected chi connectivity index (χ4v) is 11.5. The molecule has 0 aliphatic carbocycles. The Morgan fingerprint density at radius 3 is 0.815 bits per heavy atom. The predicted octanol–water partition coefficient (Wildman–Crippen LogP) is 24.1. The number of ether oxygens (including phenoxy) is 4. The third kappa shape index (κ3) is 78.0. The van der Waals surface area contributed by atoms with Crippen LogP contribution in [0, 0.1) is 0 Å². The fourth-order valence-electron chi connectivity index (χ4n) is 9.91. The van der Waals surface area contributed by atoms with Gasteiger partial charge >= 0.3 is 39.5 Å². The molecule has 19 heteroatoms. The maximum absolute atomic E-state index is 13.1. The summed E-state index contributed by atoms with van der Waals surface area (Å²) in [7, 11) is -10.0. The zero-order valence-corrected chi connectivity index (χ0v) is 68.5. The second kappa shape index (κ2) is 79.0. The summed E-state index contributed by atoms with van der Waals surface area (Å²) in [5.74, 6) is -2.41. The minimum atomic E-state index is -5.01. The largest absolute Gasteiger partial charge is 0.472 e. The lowest BCUT2D eigenvalue weighted by atomic mass is 10.1. The monoisotopic (exact) mass is 1540 g/mol. The first-order valence-corrected chi connectivity index (χ1v) is 43.7. The van der Waals surface area contributed by atoms with Crippen LogP contribution in [0.3, 0.4) is 0 Å². The van der Waals surface area contributed by atoms with Gasteiger partial charge in [0.1, 0.15) is 19.3 Å². The number of hydrogen-bond donors (Lipinski definition) is 3. The second-order valence-electron chi connectivity index (χ2n) is 26.2. The maximum Gasteiger partial charge on any atom is 0.472 e. The van der Waals surface area contributed by atoms with E-state index in [-0.39, 0.29) is 25.7 Å². The molecule has 0 aliphatic heterocycles. The first-order chi connectivity index (χ1) is 52.7. The standard InChI is InChI=1S/C89H142O17P2/c1-5-9-13-17-21-25-29-32-35-38-41-44-47-50-54-57-61-65-69-73-86(91)99-79-84(105-88(93)75-71-67-63-59-53-28-24-20-16-12-8-4)81-103-107(95,96)101-77-83(90)78-102-108(97,98)104-82-85(106-89(94)76-72-68-64-60-56-52-49-46-43-40-37-34-31-27-23-19-15-11-7-3)80-100-87(92)74-70-66-62-58-55-51-48-45-42-39-36-33-30-26-22-18-14-10-6-2/h9-10,13-14,20-27,32-37,41-46,50-51,54-55,61-62,65-66,83-85,90H,5-8,11-12,15-19,28-31,38-40,47-49,52-53,56-60,63-64,67-82H2,1-4H3,(H,95,96)(H,97,98)/b13-9-,14-10-,24-20-,25-21-,26-22-,27-23-,35-32-,36-33-,37-34-,44-41-,45-42-,46-43-,54-50-,55-51-,65-61-,66-62-. The van der Waals surface area contributed by atoms with Gasteiger partial charge in [0.25, 0.3) is 0 Å². The first-order valence-electron chi connectivity index (χ1n) is 40.7. The van der Waals surface area contributed by atoms with E-state index in [2.05, 4.69) is 186 Å². The molecule has 0 aromatic rings. The molecule has 610 valence electrons. The van der Waals surface area contributed by atoms with Gasteiger partial charge in [-0.15, -0.1) is 0 Å². The predicted molar refractivity (Wildman–Crippen MR) is 445 cm³/mol. The molecule has 3 N–H and O–H groups in total. The van der Waals surface area contributed by atoms with Gasteiger partial charge in [-0.2, -0.15) is 0 Å². The van der Waals surface area contributed by atoms with Crippen molar-refractivity contribution in [1.82, 2.24) is 0 Å². The van der Waals surface area contributed by atoms with Crippen molar-refractivity contribution >= 4 is 39.5 Å². The molecule has 17 nitrogen and oxygen atoms in total. The SMILES string of the molecule is CC/C=C\C/C=C\C/C=C\C/C=C\C/C=C\C/C=C\CCC(=O)OCC(COP(=O)(O)OCC(O)COP(=O)(O)OCC(COC(=O)CC/C=C\C/C=C\C/C=C\C/C=C\C/C=C\C/C=C\CC)OC(=O)CCCCCCCC/C=C\C/C=C\C/C=C\CCCCC)OC(=O)CCCCCCC/C=C\CCCC. The summed E-state index contributed by atoms with van der Waals surface area (Å²) in [4.78, 5) is 73.0. The summed E-state index contributed by atoms with van der Waals surface area (Å²) in [6.07, 6.45) is 97.3. The smallest absolute Gasteiger partial charge is 0.462 e. The molecule has 0 spiro atoms. The topological polar surface area (TPSA) is 237 Å². The van der Waals surface area contributed by atoms with Crippen LogP contribution in [0.4, 0.5) is 0 Å². The normalized spacial score (nSPS) is 14.8. The summed E-state index contributed by atoms with van der Waals surface area (Å²) in [5.41, 5.74) is 0. The number of rotatable bonds is 74. The van der Waals surface area contributed by atoms with E-state index in [1.54, 1.807) is 0 Å². The number of hydrogen-bond acceptors (Lipinski definition) is 15. The van der Waals surface area contributed by atoms with Gasteiger partial charge in [0, 0.05) is 25.7 Å². The van der Waals surface area contributed by atoms with E-state index in [0.717, 1.165) is 167 Å². The molecule has 0 saturated carbocycles. The molecule has 0 aromatic heterocycles. The highest BCUT2D eigenvalue weighted by molar-refractivity contribution is 7.47. The van der Waals surface area contributed by atoms with Crippen molar-refractivity contribution in [3.8, 4) is 0 Å². The third-order valence-corrected chi connectivity index (χ3v) is 18.0. The average Bonchev–Trinajstić information content (AvgIpc) is 0.899. The Morgan fingerprint density at radius 1 is 0.269 bits per heavy atom. The van der Waals surface area contributed by atoms with Gasteiger partial charge in [-0.25, -0.2) is 9.13 Å². The van der Waals surface area contributed by atoms with Crippen LogP contribution in [0.5, 0.6) is 0 Å². The van der Waals surface area contributed by atoms with Crippen molar-refractivity contribution in [2.24, 2.45) is 0 Å². The average molecular weight is 1550 g/mol. The maximum atomic E-state index is 13.1. The van der Waals surface area contributed by atoms with Crippen LogP contribution < -0.4 is 0 Å². The minimum Gasteiger partial charge on any atom is -0.462 e. The molecule has 0 radical (unpaired) electrons. The quantitative estimate of drug-likeness (QED) is 0.0169. The molecule has 0 aliphatic rings. The molecular formula is C89H142O17P2. The molecule has 0 bridgehead atoms. The van der Waals surface area contributed by atoms with Gasteiger partial charge in [-0.1, -0.05) is 293 Å². The fraction of sp³-hybridized carbons (Fsp3) is 0.596. The number of unbranched alkanes of at least 4 members (excludes halogenated alkanes) is 16. The minimum absolute atomic E-state index is 0.0243. The lowest BCUT2D eigenvalue weighted by Crippen LogP contribution is -2.30. The van der Waals surface area contributed by atoms with E-state index in [9.17, 15) is 43.2 Å². The molecule has 0 heterocycles. The van der Waals surface area contributed by atoms with Crippen LogP contribution >= 0.6 is 15.6 Å². The van der Waals surface area contributed by atoms with Crippen LogP contribution in [0.1, 0.15) is 285 Å². The second-order valence-corrected chi connectivity index (χ2v) is 29.1. The Morgan fingerprint density at radius 2 is 0.509 bits per heavy atom. The highest BCUT2D eigenvalue weighted by Gasteiger charge is 2.30. The highest BCUT2D eigenvalue weighted by atomic mass is 31.2. The van der Waals surface area contributed by atoms with Crippen LogP contribution in [-0.4, -0.2) is 96.7 Å². The Labute approximate surface area is 653 Å². The zero-order chi connectivity index (χ0) is 78.9. The zero-order valence-electron chi connectivity index (χ0n) is 66.7. The summed E-state index contributed by atoms with van der Waals surface area (Å²) >= 11 is 0. The molecule has 5 unspecified atom stereocenters. The van der Waals surface area contributed by atoms with Gasteiger partial charge in [-0.05, 0) is 161 Å². The summed E-state index contributed by atoms with van der Waals surface area (Å²) < 4.78 is 68.4. The molecule has 5 atom stereocenters. The number of aliphatic hydroxyl groups excluding tert-OH is 1. The van der Waals surface area contributed by atoms with E-state index >= 15 is 0 Å². The van der Waals surface area contributed by atoms with E-state index in [4.69, 9.17) is 37.0 Å². The van der Waals surface area contributed by atoms with Crippen molar-refractivity contribution in [2.75, 3.05) is 39.6 Å². The number of aliphatic hydroxyl groups is 1. The van der Waals surface area contributed by atoms with Crippen molar-refractivity contribution in [2.45, 2.75) is 303 Å². The number of carbonyl (C=O) groups excluding carboxylic acids is 4. The van der Waals surface area contributed by atoms with Crippen molar-refractivity contribution in [3.63, 3.8) is 0 Å². The van der Waals surface area contributed by atoms with Gasteiger partial charge in [0.2, 0.25) is 0 Å². The van der Waals surface area contributed by atoms with E-state index in [0.29, 0.717) is 38.5 Å². The van der Waals surface area contributed by atoms with Crippen molar-refractivity contribution in [1.29, 1.82) is 0 Å². The molecular weight excluding hydrogens is 1400 g/mol. The number of phosphoric ester groups is 2. The van der Waals surface area contributed by atoms with Gasteiger partial charge in [-0.3, -0.25) is 37.3 Å². The third-order valence-electron chi connectivity index (χ3n) is 16.1. The Kier molecular flexibility index (Phi) is 74.5. The summed E-state index contributed by atoms with van der Waals surface area (Å²) in [5, 5.41) is 10.6. The number of phosphoric acid groups is 2. The van der Waals surface area contributed by atoms with Crippen molar-refractivity contribution in [3.05, 3.63) is 194 Å². The van der Waals surface area contributed by atoms with Gasteiger partial charge in [0.15, 0.2) is 12.2 Å². The molecule has 0 saturated heterocycles. The molecule has 0 aromatic carbocycles. The summed E-state index contributed by atoms with van der Waals surface area (Å²) in [6, 6.07) is 0. The van der Waals surface area contributed by atoms with Gasteiger partial charge < -0.3 is 33.8 Å². The number of allylic oxidation sites excluding steroid dienone is 32. The molecule has 0 amide bonds. The Balaban J connectivity index is 5.50. The van der Waals surface area contributed by atoms with Crippen LogP contribution in [-0.2, 0) is 65.4 Å². The van der Waals surface area contributed by atoms with Crippen molar-refractivity contribution < 1.29 is 80.2 Å². The van der Waals surface area contributed by atoms with E-state index in [1.807, 2.05) is 36.5 Å². The highest BCUT2D eigenvalue weighted by Crippen LogP contribution is 2.45. The number of carbonyl (C=O) groups is 4. The molecule has 108 heavy (non-hydrogen) atoms. The lowest BCUT2D eigenvalue weighted by Gasteiger charge is -2.21. The lowest BCUT2D eigenvalue weighted by molar-refractivity contribution is -0.161. The van der Waals surface area contributed by atoms with E-state index in [1.165, 1.54) is 25.7 Å². The molecule has 0 fully saturated rings. The molecule has 0 rings (SSSR count). The Bertz CT molecular complexity index is 2810. The van der Waals surface area contributed by atoms with Crippen LogP contribution in [0.25, 0.3) is 0 Å².